The average Bonchev–Trinajstić information content (AvgIpc) is 3.00. The Morgan fingerprint density at radius 3 is 2.50 bits per heavy atom. The third-order valence-corrected chi connectivity index (χ3v) is 8.34. The first kappa shape index (κ1) is 20.5. The standard InChI is InChI=1S/C17H22N4O5S2/c1-12-4-5-13(2)15(8-12)28(25,26)19-9-16(22)21-10-14(11-21)27(23,24)17-18-6-7-20(17)3/h4-8,14,19H,9-11H2,1-3H3. The molecule has 2 aromatic rings. The molecule has 0 spiro atoms. The van der Waals surface area contributed by atoms with Gasteiger partial charge in [0.05, 0.1) is 11.4 Å². The number of carbonyl (C=O) groups is 1. The van der Waals surface area contributed by atoms with Crippen LogP contribution in [0.3, 0.4) is 0 Å². The molecule has 3 rings (SSSR count). The molecule has 0 unspecified atom stereocenters. The van der Waals surface area contributed by atoms with Crippen molar-refractivity contribution in [3.8, 4) is 0 Å². The Kier molecular flexibility index (Phi) is 5.34. The van der Waals surface area contributed by atoms with Crippen molar-refractivity contribution in [1.29, 1.82) is 0 Å². The van der Waals surface area contributed by atoms with Crippen molar-refractivity contribution in [3.05, 3.63) is 41.7 Å². The SMILES string of the molecule is Cc1ccc(C)c(S(=O)(=O)NCC(=O)N2CC(S(=O)(=O)c3nccn3C)C2)c1. The van der Waals surface area contributed by atoms with Crippen LogP contribution in [0.15, 0.2) is 40.6 Å². The molecule has 0 radical (unpaired) electrons. The topological polar surface area (TPSA) is 118 Å². The number of imidazole rings is 1. The van der Waals surface area contributed by atoms with Crippen LogP contribution in [-0.2, 0) is 31.7 Å². The van der Waals surface area contributed by atoms with Crippen molar-refractivity contribution in [2.24, 2.45) is 7.05 Å². The van der Waals surface area contributed by atoms with E-state index < -0.39 is 37.6 Å². The van der Waals surface area contributed by atoms with Crippen LogP contribution in [-0.4, -0.2) is 62.1 Å². The number of sulfone groups is 1. The van der Waals surface area contributed by atoms with Gasteiger partial charge in [0, 0.05) is 32.5 Å². The molecule has 152 valence electrons. The van der Waals surface area contributed by atoms with Crippen LogP contribution in [0, 0.1) is 13.8 Å². The second kappa shape index (κ2) is 7.30. The number of nitrogens with zero attached hydrogens (tertiary/aromatic N) is 3. The highest BCUT2D eigenvalue weighted by Crippen LogP contribution is 2.22. The smallest absolute Gasteiger partial charge is 0.241 e. The van der Waals surface area contributed by atoms with Crippen LogP contribution in [0.4, 0.5) is 0 Å². The quantitative estimate of drug-likeness (QED) is 0.695. The summed E-state index contributed by atoms with van der Waals surface area (Å²) in [5.41, 5.74) is 1.37. The Hall–Kier alpha value is -2.24. The van der Waals surface area contributed by atoms with Gasteiger partial charge >= 0.3 is 0 Å². The van der Waals surface area contributed by atoms with Crippen molar-refractivity contribution in [3.63, 3.8) is 0 Å². The maximum Gasteiger partial charge on any atom is 0.241 e. The van der Waals surface area contributed by atoms with Crippen molar-refractivity contribution < 1.29 is 21.6 Å². The normalized spacial score (nSPS) is 15.5. The zero-order chi connectivity index (χ0) is 20.7. The van der Waals surface area contributed by atoms with E-state index in [1.165, 1.54) is 21.9 Å². The summed E-state index contributed by atoms with van der Waals surface area (Å²) in [4.78, 5) is 17.6. The molecule has 1 aliphatic heterocycles. The molecule has 1 aromatic heterocycles. The van der Waals surface area contributed by atoms with E-state index in [0.717, 1.165) is 5.56 Å². The zero-order valence-corrected chi connectivity index (χ0v) is 17.4. The molecule has 1 N–H and O–H groups in total. The van der Waals surface area contributed by atoms with Gasteiger partial charge in [0.15, 0.2) is 0 Å². The number of hydrogen-bond donors (Lipinski definition) is 1. The molecule has 1 saturated heterocycles. The van der Waals surface area contributed by atoms with E-state index in [2.05, 4.69) is 9.71 Å². The molecule has 1 amide bonds. The number of nitrogens with one attached hydrogen (secondary N) is 1. The highest BCUT2D eigenvalue weighted by Gasteiger charge is 2.42. The lowest BCUT2D eigenvalue weighted by atomic mass is 10.2. The molecule has 2 heterocycles. The minimum absolute atomic E-state index is 0.0131. The lowest BCUT2D eigenvalue weighted by molar-refractivity contribution is -0.133. The number of rotatable bonds is 6. The number of amides is 1. The second-order valence-electron chi connectivity index (χ2n) is 6.88. The van der Waals surface area contributed by atoms with Gasteiger partial charge in [-0.1, -0.05) is 12.1 Å². The molecule has 9 nitrogen and oxygen atoms in total. The van der Waals surface area contributed by atoms with Gasteiger partial charge in [0.25, 0.3) is 0 Å². The third kappa shape index (κ3) is 3.82. The molecule has 0 bridgehead atoms. The van der Waals surface area contributed by atoms with E-state index in [1.807, 2.05) is 6.07 Å². The molecular weight excluding hydrogens is 404 g/mol. The molecule has 0 saturated carbocycles. The summed E-state index contributed by atoms with van der Waals surface area (Å²) in [6.07, 6.45) is 2.94. The van der Waals surface area contributed by atoms with E-state index in [-0.39, 0.29) is 23.1 Å². The minimum Gasteiger partial charge on any atom is -0.339 e. The van der Waals surface area contributed by atoms with Gasteiger partial charge in [-0.15, -0.1) is 0 Å². The fourth-order valence-corrected chi connectivity index (χ4v) is 5.98. The number of sulfonamides is 1. The summed E-state index contributed by atoms with van der Waals surface area (Å²) in [5.74, 6) is -0.472. The highest BCUT2D eigenvalue weighted by atomic mass is 32.2. The first-order valence-corrected chi connectivity index (χ1v) is 11.6. The Morgan fingerprint density at radius 2 is 1.89 bits per heavy atom. The summed E-state index contributed by atoms with van der Waals surface area (Å²) >= 11 is 0. The summed E-state index contributed by atoms with van der Waals surface area (Å²) in [5, 5.41) is -0.784. The number of likely N-dealkylation sites (tertiary alicyclic amines) is 1. The van der Waals surface area contributed by atoms with Crippen LogP contribution in [0.2, 0.25) is 0 Å². The molecule has 1 aromatic carbocycles. The van der Waals surface area contributed by atoms with Gasteiger partial charge in [-0.25, -0.2) is 26.5 Å². The summed E-state index contributed by atoms with van der Waals surface area (Å²) in [6, 6.07) is 5.05. The fraction of sp³-hybridized carbons (Fsp3) is 0.412. The second-order valence-corrected chi connectivity index (χ2v) is 10.7. The number of hydrogen-bond acceptors (Lipinski definition) is 6. The molecule has 11 heteroatoms. The monoisotopic (exact) mass is 426 g/mol. The van der Waals surface area contributed by atoms with Crippen LogP contribution in [0.5, 0.6) is 0 Å². The van der Waals surface area contributed by atoms with Crippen molar-refractivity contribution >= 4 is 25.8 Å². The first-order valence-electron chi connectivity index (χ1n) is 8.58. The molecule has 28 heavy (non-hydrogen) atoms. The van der Waals surface area contributed by atoms with Crippen LogP contribution in [0.1, 0.15) is 11.1 Å². The van der Waals surface area contributed by atoms with Crippen molar-refractivity contribution in [2.45, 2.75) is 29.1 Å². The van der Waals surface area contributed by atoms with Crippen LogP contribution >= 0.6 is 0 Å². The van der Waals surface area contributed by atoms with Gasteiger partial charge in [0.2, 0.25) is 30.9 Å². The summed E-state index contributed by atoms with van der Waals surface area (Å²) in [6.45, 7) is 3.06. The molecule has 1 aliphatic rings. The van der Waals surface area contributed by atoms with Gasteiger partial charge in [-0.2, -0.15) is 0 Å². The Balaban J connectivity index is 1.60. The lowest BCUT2D eigenvalue weighted by Gasteiger charge is -2.38. The molecule has 0 aliphatic carbocycles. The summed E-state index contributed by atoms with van der Waals surface area (Å²) < 4.78 is 53.7. The van der Waals surface area contributed by atoms with Crippen molar-refractivity contribution in [2.75, 3.05) is 19.6 Å². The Morgan fingerprint density at radius 1 is 1.21 bits per heavy atom. The van der Waals surface area contributed by atoms with Crippen LogP contribution in [0.25, 0.3) is 0 Å². The van der Waals surface area contributed by atoms with E-state index >= 15 is 0 Å². The van der Waals surface area contributed by atoms with Gasteiger partial charge in [0.1, 0.15) is 5.25 Å². The van der Waals surface area contributed by atoms with E-state index in [4.69, 9.17) is 0 Å². The van der Waals surface area contributed by atoms with E-state index in [0.29, 0.717) is 5.56 Å². The molecule has 0 atom stereocenters. The number of aromatic nitrogens is 2. The highest BCUT2D eigenvalue weighted by molar-refractivity contribution is 7.92. The minimum atomic E-state index is -3.84. The van der Waals surface area contributed by atoms with Gasteiger partial charge < -0.3 is 9.47 Å². The average molecular weight is 427 g/mol. The maximum absolute atomic E-state index is 12.5. The van der Waals surface area contributed by atoms with Crippen molar-refractivity contribution in [1.82, 2.24) is 19.2 Å². The molecule has 1 fully saturated rings. The fourth-order valence-electron chi connectivity index (χ4n) is 2.96. The Labute approximate surface area is 164 Å². The maximum atomic E-state index is 12.5. The van der Waals surface area contributed by atoms with Gasteiger partial charge in [-0.3, -0.25) is 4.79 Å². The van der Waals surface area contributed by atoms with E-state index in [9.17, 15) is 21.6 Å². The largest absolute Gasteiger partial charge is 0.339 e. The number of benzene rings is 1. The van der Waals surface area contributed by atoms with Crippen LogP contribution < -0.4 is 4.72 Å². The molecular formula is C17H22N4O5S2. The van der Waals surface area contributed by atoms with E-state index in [1.54, 1.807) is 33.0 Å². The number of carbonyl (C=O) groups excluding carboxylic acids is 1. The zero-order valence-electron chi connectivity index (χ0n) is 15.8. The third-order valence-electron chi connectivity index (χ3n) is 4.72. The first-order chi connectivity index (χ1) is 13.0. The Bertz CT molecular complexity index is 1120. The summed E-state index contributed by atoms with van der Waals surface area (Å²) in [7, 11) is -5.88. The van der Waals surface area contributed by atoms with Gasteiger partial charge in [-0.05, 0) is 31.0 Å². The predicted molar refractivity (Wildman–Crippen MR) is 102 cm³/mol. The predicted octanol–water partition coefficient (Wildman–Crippen LogP) is -0.0000600. The number of aryl methyl sites for hydroxylation is 3. The lowest BCUT2D eigenvalue weighted by Crippen LogP contribution is -2.58.